The van der Waals surface area contributed by atoms with Gasteiger partial charge in [-0.05, 0) is 68.6 Å². The summed E-state index contributed by atoms with van der Waals surface area (Å²) in [5.41, 5.74) is 4.58. The first-order valence-electron chi connectivity index (χ1n) is 15.3. The Bertz CT molecular complexity index is 1410. The Morgan fingerprint density at radius 1 is 0.927 bits per heavy atom. The molecule has 9 heteroatoms. The lowest BCUT2D eigenvalue weighted by Crippen LogP contribution is -2.56. The number of aromatic nitrogens is 2. The van der Waals surface area contributed by atoms with E-state index in [0.717, 1.165) is 56.6 Å². The maximum atomic E-state index is 10.5. The third-order valence-corrected chi connectivity index (χ3v) is 9.90. The third-order valence-electron chi connectivity index (χ3n) is 9.90. The smallest absolute Gasteiger partial charge is 0.318 e. The SMILES string of the molecule is CCc1cccc2cccc(N3CCc4c(nc(OCC56CCCN5CCC6)nc4N4CC(O)C(O)C(O)C4)C3)c12. The Kier molecular flexibility index (Phi) is 7.01. The molecular formula is C32H41N5O4. The van der Waals surface area contributed by atoms with Crippen LogP contribution in [-0.4, -0.2) is 93.4 Å². The van der Waals surface area contributed by atoms with Gasteiger partial charge in [0.2, 0.25) is 0 Å². The minimum absolute atomic E-state index is 0.0760. The largest absolute Gasteiger partial charge is 0.461 e. The molecule has 0 amide bonds. The summed E-state index contributed by atoms with van der Waals surface area (Å²) in [7, 11) is 0. The Morgan fingerprint density at radius 3 is 2.39 bits per heavy atom. The molecule has 2 unspecified atom stereocenters. The number of ether oxygens (including phenoxy) is 1. The van der Waals surface area contributed by atoms with Crippen LogP contribution in [0.4, 0.5) is 11.5 Å². The molecule has 4 aliphatic rings. The van der Waals surface area contributed by atoms with Crippen molar-refractivity contribution in [2.24, 2.45) is 0 Å². The lowest BCUT2D eigenvalue weighted by Gasteiger charge is -2.40. The first-order valence-corrected chi connectivity index (χ1v) is 15.3. The van der Waals surface area contributed by atoms with Crippen molar-refractivity contribution in [1.29, 1.82) is 0 Å². The summed E-state index contributed by atoms with van der Waals surface area (Å²) in [6, 6.07) is 13.4. The highest BCUT2D eigenvalue weighted by molar-refractivity contribution is 5.97. The van der Waals surface area contributed by atoms with Crippen LogP contribution in [0.1, 0.15) is 49.4 Å². The molecule has 2 aromatic carbocycles. The number of piperidine rings is 1. The fourth-order valence-corrected chi connectivity index (χ4v) is 7.71. The van der Waals surface area contributed by atoms with Crippen LogP contribution in [0.15, 0.2) is 36.4 Å². The molecule has 3 aromatic rings. The zero-order valence-electron chi connectivity index (χ0n) is 23.9. The number of nitrogens with zero attached hydrogens (tertiary/aromatic N) is 5. The molecule has 1 aromatic heterocycles. The molecule has 4 aliphatic heterocycles. The molecule has 7 rings (SSSR count). The van der Waals surface area contributed by atoms with Gasteiger partial charge in [-0.1, -0.05) is 37.3 Å². The number of rotatable bonds is 6. The fourth-order valence-electron chi connectivity index (χ4n) is 7.71. The monoisotopic (exact) mass is 559 g/mol. The number of hydrogen-bond donors (Lipinski definition) is 3. The Balaban J connectivity index is 1.24. The van der Waals surface area contributed by atoms with E-state index in [-0.39, 0.29) is 18.6 Å². The molecule has 0 radical (unpaired) electrons. The number of hydrogen-bond acceptors (Lipinski definition) is 9. The van der Waals surface area contributed by atoms with Crippen molar-refractivity contribution in [3.63, 3.8) is 0 Å². The second kappa shape index (κ2) is 10.7. The molecule has 0 aliphatic carbocycles. The van der Waals surface area contributed by atoms with E-state index < -0.39 is 18.3 Å². The van der Waals surface area contributed by atoms with Crippen LogP contribution >= 0.6 is 0 Å². The first-order chi connectivity index (χ1) is 20.0. The van der Waals surface area contributed by atoms with Crippen LogP contribution in [0, 0.1) is 0 Å². The molecule has 3 saturated heterocycles. The molecule has 41 heavy (non-hydrogen) atoms. The van der Waals surface area contributed by atoms with E-state index in [1.807, 2.05) is 4.90 Å². The summed E-state index contributed by atoms with van der Waals surface area (Å²) in [5, 5.41) is 33.7. The van der Waals surface area contributed by atoms with Gasteiger partial charge in [0.25, 0.3) is 0 Å². The van der Waals surface area contributed by atoms with Crippen molar-refractivity contribution in [3.05, 3.63) is 53.2 Å². The van der Waals surface area contributed by atoms with Gasteiger partial charge in [0.15, 0.2) is 0 Å². The highest BCUT2D eigenvalue weighted by Gasteiger charge is 2.45. The van der Waals surface area contributed by atoms with Gasteiger partial charge in [0.05, 0.1) is 30.0 Å². The normalized spacial score (nSPS) is 25.9. The van der Waals surface area contributed by atoms with E-state index in [2.05, 4.69) is 53.1 Å². The number of aryl methyl sites for hydroxylation is 1. The Morgan fingerprint density at radius 2 is 1.66 bits per heavy atom. The van der Waals surface area contributed by atoms with Crippen LogP contribution in [-0.2, 0) is 19.4 Å². The van der Waals surface area contributed by atoms with E-state index in [1.54, 1.807) is 0 Å². The van der Waals surface area contributed by atoms with Crippen molar-refractivity contribution < 1.29 is 20.1 Å². The van der Waals surface area contributed by atoms with E-state index in [9.17, 15) is 15.3 Å². The van der Waals surface area contributed by atoms with Crippen molar-refractivity contribution >= 4 is 22.3 Å². The molecule has 0 spiro atoms. The summed E-state index contributed by atoms with van der Waals surface area (Å²) in [6.07, 6.45) is 3.11. The summed E-state index contributed by atoms with van der Waals surface area (Å²) in [6.45, 7) is 6.86. The van der Waals surface area contributed by atoms with Gasteiger partial charge in [0.1, 0.15) is 18.5 Å². The maximum Gasteiger partial charge on any atom is 0.318 e. The Hall–Kier alpha value is -2.98. The summed E-state index contributed by atoms with van der Waals surface area (Å²) in [5.74, 6) is 0.703. The van der Waals surface area contributed by atoms with Gasteiger partial charge >= 0.3 is 6.01 Å². The second-order valence-corrected chi connectivity index (χ2v) is 12.3. The molecule has 2 atom stereocenters. The number of aliphatic hydroxyl groups is 3. The number of benzene rings is 2. The van der Waals surface area contributed by atoms with Gasteiger partial charge in [-0.2, -0.15) is 9.97 Å². The molecule has 0 bridgehead atoms. The lowest BCUT2D eigenvalue weighted by molar-refractivity contribution is -0.0675. The van der Waals surface area contributed by atoms with Crippen molar-refractivity contribution in [2.45, 2.75) is 75.8 Å². The second-order valence-electron chi connectivity index (χ2n) is 12.3. The maximum absolute atomic E-state index is 10.5. The molecule has 5 heterocycles. The van der Waals surface area contributed by atoms with Crippen LogP contribution < -0.4 is 14.5 Å². The van der Waals surface area contributed by atoms with E-state index in [1.165, 1.54) is 34.9 Å². The van der Waals surface area contributed by atoms with Crippen molar-refractivity contribution in [3.8, 4) is 6.01 Å². The van der Waals surface area contributed by atoms with Gasteiger partial charge in [0, 0.05) is 36.3 Å². The average Bonchev–Trinajstić information content (AvgIpc) is 3.58. The van der Waals surface area contributed by atoms with Crippen LogP contribution in [0.5, 0.6) is 6.01 Å². The number of anilines is 2. The topological polar surface area (TPSA) is 105 Å². The molecule has 9 nitrogen and oxygen atoms in total. The van der Waals surface area contributed by atoms with Gasteiger partial charge in [-0.3, -0.25) is 4.90 Å². The zero-order chi connectivity index (χ0) is 28.1. The third kappa shape index (κ3) is 4.73. The lowest BCUT2D eigenvalue weighted by atomic mass is 9.95. The zero-order valence-corrected chi connectivity index (χ0v) is 23.9. The summed E-state index contributed by atoms with van der Waals surface area (Å²) in [4.78, 5) is 16.8. The van der Waals surface area contributed by atoms with Crippen LogP contribution in [0.25, 0.3) is 10.8 Å². The van der Waals surface area contributed by atoms with Gasteiger partial charge in [-0.25, -0.2) is 0 Å². The number of aliphatic hydroxyl groups excluding tert-OH is 3. The predicted molar refractivity (Wildman–Crippen MR) is 159 cm³/mol. The van der Waals surface area contributed by atoms with Crippen molar-refractivity contribution in [2.75, 3.05) is 49.1 Å². The predicted octanol–water partition coefficient (Wildman–Crippen LogP) is 2.66. The fraction of sp³-hybridized carbons (Fsp3) is 0.562. The van der Waals surface area contributed by atoms with Gasteiger partial charge in [-0.15, -0.1) is 0 Å². The molecule has 218 valence electrons. The van der Waals surface area contributed by atoms with E-state index >= 15 is 0 Å². The molecule has 0 saturated carbocycles. The van der Waals surface area contributed by atoms with E-state index in [4.69, 9.17) is 14.7 Å². The minimum atomic E-state index is -1.16. The summed E-state index contributed by atoms with van der Waals surface area (Å²) < 4.78 is 6.43. The highest BCUT2D eigenvalue weighted by atomic mass is 16.5. The highest BCUT2D eigenvalue weighted by Crippen LogP contribution is 2.40. The average molecular weight is 560 g/mol. The first kappa shape index (κ1) is 26.9. The number of fused-ring (bicyclic) bond motifs is 3. The minimum Gasteiger partial charge on any atom is -0.461 e. The standard InChI is InChI=1S/C32H41N5O4/c1-2-21-7-3-8-22-9-4-10-25(28(21)22)35-16-11-23-24(17-35)33-31(41-20-32-12-5-14-37(32)15-6-13-32)34-30(23)36-18-26(38)29(40)27(39)19-36/h3-4,7-10,26-27,29,38-40H,2,5-6,11-20H2,1H3. The van der Waals surface area contributed by atoms with Crippen LogP contribution in [0.2, 0.25) is 0 Å². The molecular weight excluding hydrogens is 518 g/mol. The quantitative estimate of drug-likeness (QED) is 0.420. The summed E-state index contributed by atoms with van der Waals surface area (Å²) >= 11 is 0. The van der Waals surface area contributed by atoms with E-state index in [0.29, 0.717) is 25.0 Å². The Labute approximate surface area is 241 Å². The van der Waals surface area contributed by atoms with Crippen molar-refractivity contribution in [1.82, 2.24) is 14.9 Å². The van der Waals surface area contributed by atoms with Gasteiger partial charge < -0.3 is 29.9 Å². The number of β-amino-alcohol motifs (C(OH)–C–C–N with tert-alkyl or cyclic N) is 2. The molecule has 3 N–H and O–H groups in total. The van der Waals surface area contributed by atoms with Crippen LogP contribution in [0.3, 0.4) is 0 Å². The molecule has 3 fully saturated rings.